The molecule has 0 saturated heterocycles. The number of rotatable bonds is 1. The second kappa shape index (κ2) is 3.13. The number of aromatic carboxylic acids is 1. The Morgan fingerprint density at radius 2 is 1.93 bits per heavy atom. The molecule has 0 spiro atoms. The van der Waals surface area contributed by atoms with Crippen LogP contribution >= 0.6 is 0 Å². The first-order valence-corrected chi connectivity index (χ1v) is 4.18. The summed E-state index contributed by atoms with van der Waals surface area (Å²) in [4.78, 5) is 24.2. The van der Waals surface area contributed by atoms with E-state index in [1.807, 2.05) is 0 Å². The number of carbonyl (C=O) groups is 1. The Kier molecular flexibility index (Phi) is 1.93. The fourth-order valence-electron chi connectivity index (χ4n) is 1.42. The standard InChI is InChI=1S/C10H7NO4/c12-7-3-1-6(10(14)15)5-2-4-8(13)11-9(5)7/h1-4,12H,(H,11,13)(H,14,15). The van der Waals surface area contributed by atoms with Gasteiger partial charge in [0.15, 0.2) is 0 Å². The summed E-state index contributed by atoms with van der Waals surface area (Å²) in [6, 6.07) is 5.12. The Balaban J connectivity index is 2.94. The van der Waals surface area contributed by atoms with E-state index in [0.29, 0.717) is 5.39 Å². The first-order chi connectivity index (χ1) is 7.09. The Bertz CT molecular complexity index is 600. The normalized spacial score (nSPS) is 10.4. The van der Waals surface area contributed by atoms with E-state index in [1.54, 1.807) is 0 Å². The minimum absolute atomic E-state index is 0.0408. The number of aromatic nitrogens is 1. The van der Waals surface area contributed by atoms with Crippen molar-refractivity contribution in [1.82, 2.24) is 4.98 Å². The molecule has 0 aliphatic rings. The molecular weight excluding hydrogens is 198 g/mol. The van der Waals surface area contributed by atoms with E-state index in [0.717, 1.165) is 0 Å². The van der Waals surface area contributed by atoms with Crippen LogP contribution in [0.3, 0.4) is 0 Å². The highest BCUT2D eigenvalue weighted by Crippen LogP contribution is 2.24. The fourth-order valence-corrected chi connectivity index (χ4v) is 1.42. The number of nitrogens with one attached hydrogen (secondary N) is 1. The third kappa shape index (κ3) is 1.43. The smallest absolute Gasteiger partial charge is 0.336 e. The Morgan fingerprint density at radius 1 is 1.20 bits per heavy atom. The van der Waals surface area contributed by atoms with Crippen LogP contribution in [0, 0.1) is 0 Å². The molecule has 5 nitrogen and oxygen atoms in total. The molecule has 0 atom stereocenters. The molecule has 0 unspecified atom stereocenters. The van der Waals surface area contributed by atoms with Crippen molar-refractivity contribution in [3.63, 3.8) is 0 Å². The van der Waals surface area contributed by atoms with Gasteiger partial charge in [0, 0.05) is 11.5 Å². The number of aromatic hydroxyl groups is 1. The third-order valence-electron chi connectivity index (χ3n) is 2.10. The van der Waals surface area contributed by atoms with Crippen LogP contribution in [0.5, 0.6) is 5.75 Å². The van der Waals surface area contributed by atoms with Crippen LogP contribution in [0.15, 0.2) is 29.1 Å². The van der Waals surface area contributed by atoms with E-state index < -0.39 is 5.97 Å². The van der Waals surface area contributed by atoms with Gasteiger partial charge in [-0.2, -0.15) is 0 Å². The topological polar surface area (TPSA) is 90.4 Å². The molecule has 0 bridgehead atoms. The number of carboxylic acids is 1. The van der Waals surface area contributed by atoms with Crippen molar-refractivity contribution < 1.29 is 15.0 Å². The number of carboxylic acid groups (broad SMARTS) is 1. The summed E-state index contributed by atoms with van der Waals surface area (Å²) in [5.74, 6) is -1.25. The van der Waals surface area contributed by atoms with Crippen molar-refractivity contribution in [3.05, 3.63) is 40.2 Å². The third-order valence-corrected chi connectivity index (χ3v) is 2.10. The molecule has 5 heteroatoms. The minimum atomic E-state index is -1.10. The molecule has 3 N–H and O–H groups in total. The van der Waals surface area contributed by atoms with Crippen LogP contribution in [0.25, 0.3) is 10.9 Å². The van der Waals surface area contributed by atoms with Crippen LogP contribution in [-0.4, -0.2) is 21.2 Å². The van der Waals surface area contributed by atoms with Crippen LogP contribution < -0.4 is 5.56 Å². The summed E-state index contributed by atoms with van der Waals surface area (Å²) >= 11 is 0. The summed E-state index contributed by atoms with van der Waals surface area (Å²) in [6.07, 6.45) is 0. The van der Waals surface area contributed by atoms with Crippen molar-refractivity contribution in [1.29, 1.82) is 0 Å². The van der Waals surface area contributed by atoms with Gasteiger partial charge in [0.05, 0.1) is 11.1 Å². The SMILES string of the molecule is O=C(O)c1ccc(O)c2[nH]c(=O)ccc12. The second-order valence-corrected chi connectivity index (χ2v) is 3.05. The molecule has 15 heavy (non-hydrogen) atoms. The molecule has 2 aromatic rings. The lowest BCUT2D eigenvalue weighted by molar-refractivity contribution is 0.0699. The number of aromatic amines is 1. The van der Waals surface area contributed by atoms with Gasteiger partial charge < -0.3 is 15.2 Å². The van der Waals surface area contributed by atoms with Crippen molar-refractivity contribution in [2.24, 2.45) is 0 Å². The number of fused-ring (bicyclic) bond motifs is 1. The van der Waals surface area contributed by atoms with Gasteiger partial charge in [-0.05, 0) is 18.2 Å². The number of benzene rings is 1. The zero-order valence-corrected chi connectivity index (χ0v) is 7.52. The summed E-state index contributed by atoms with van der Waals surface area (Å²) in [5.41, 5.74) is -0.207. The van der Waals surface area contributed by atoms with Crippen LogP contribution in [-0.2, 0) is 0 Å². The van der Waals surface area contributed by atoms with E-state index in [2.05, 4.69) is 4.98 Å². The average Bonchev–Trinajstić information content (AvgIpc) is 2.19. The van der Waals surface area contributed by atoms with E-state index in [-0.39, 0.29) is 22.4 Å². The summed E-state index contributed by atoms with van der Waals surface area (Å²) in [5, 5.41) is 18.6. The summed E-state index contributed by atoms with van der Waals surface area (Å²) in [7, 11) is 0. The molecule has 1 aromatic heterocycles. The predicted molar refractivity (Wildman–Crippen MR) is 53.2 cm³/mol. The molecule has 0 amide bonds. The first-order valence-electron chi connectivity index (χ1n) is 4.18. The lowest BCUT2D eigenvalue weighted by atomic mass is 10.1. The van der Waals surface area contributed by atoms with Crippen LogP contribution in [0.2, 0.25) is 0 Å². The quantitative estimate of drug-likeness (QED) is 0.646. The summed E-state index contributed by atoms with van der Waals surface area (Å²) < 4.78 is 0. The first kappa shape index (κ1) is 9.26. The van der Waals surface area contributed by atoms with Gasteiger partial charge in [-0.15, -0.1) is 0 Å². The number of hydrogen-bond donors (Lipinski definition) is 3. The lowest BCUT2D eigenvalue weighted by Gasteiger charge is -2.03. The largest absolute Gasteiger partial charge is 0.506 e. The number of phenols is 1. The molecule has 0 saturated carbocycles. The molecule has 76 valence electrons. The molecule has 1 heterocycles. The predicted octanol–water partition coefficient (Wildman–Crippen LogP) is 0.932. The zero-order chi connectivity index (χ0) is 11.0. The lowest BCUT2D eigenvalue weighted by Crippen LogP contribution is -2.05. The van der Waals surface area contributed by atoms with Gasteiger partial charge in [0.2, 0.25) is 5.56 Å². The van der Waals surface area contributed by atoms with E-state index in [1.165, 1.54) is 24.3 Å². The van der Waals surface area contributed by atoms with Crippen molar-refractivity contribution in [2.75, 3.05) is 0 Å². The molecule has 0 fully saturated rings. The monoisotopic (exact) mass is 205 g/mol. The van der Waals surface area contributed by atoms with E-state index >= 15 is 0 Å². The Hall–Kier alpha value is -2.30. The number of H-pyrrole nitrogens is 1. The Labute approximate surface area is 83.6 Å². The van der Waals surface area contributed by atoms with Crippen molar-refractivity contribution in [2.45, 2.75) is 0 Å². The zero-order valence-electron chi connectivity index (χ0n) is 7.52. The Morgan fingerprint density at radius 3 is 2.60 bits per heavy atom. The van der Waals surface area contributed by atoms with Gasteiger partial charge in [0.1, 0.15) is 5.75 Å². The maximum Gasteiger partial charge on any atom is 0.336 e. The minimum Gasteiger partial charge on any atom is -0.506 e. The highest BCUT2D eigenvalue weighted by atomic mass is 16.4. The van der Waals surface area contributed by atoms with Crippen molar-refractivity contribution in [3.8, 4) is 5.75 Å². The highest BCUT2D eigenvalue weighted by Gasteiger charge is 2.11. The van der Waals surface area contributed by atoms with Crippen LogP contribution in [0.4, 0.5) is 0 Å². The maximum absolute atomic E-state index is 11.0. The van der Waals surface area contributed by atoms with Crippen LogP contribution in [0.1, 0.15) is 10.4 Å². The number of pyridine rings is 1. The molecule has 0 aliphatic carbocycles. The van der Waals surface area contributed by atoms with Gasteiger partial charge in [-0.3, -0.25) is 4.79 Å². The van der Waals surface area contributed by atoms with E-state index in [9.17, 15) is 14.7 Å². The molecular formula is C10H7NO4. The van der Waals surface area contributed by atoms with Gasteiger partial charge >= 0.3 is 5.97 Å². The number of phenolic OH excluding ortho intramolecular Hbond substituents is 1. The highest BCUT2D eigenvalue weighted by molar-refractivity contribution is 6.04. The molecule has 0 radical (unpaired) electrons. The van der Waals surface area contributed by atoms with Crippen molar-refractivity contribution >= 4 is 16.9 Å². The second-order valence-electron chi connectivity index (χ2n) is 3.05. The summed E-state index contributed by atoms with van der Waals surface area (Å²) in [6.45, 7) is 0. The average molecular weight is 205 g/mol. The van der Waals surface area contributed by atoms with Gasteiger partial charge in [-0.25, -0.2) is 4.79 Å². The van der Waals surface area contributed by atoms with E-state index in [4.69, 9.17) is 5.11 Å². The van der Waals surface area contributed by atoms with Gasteiger partial charge in [0.25, 0.3) is 0 Å². The number of hydrogen-bond acceptors (Lipinski definition) is 3. The van der Waals surface area contributed by atoms with Gasteiger partial charge in [-0.1, -0.05) is 0 Å². The molecule has 1 aromatic carbocycles. The molecule has 0 aliphatic heterocycles. The fraction of sp³-hybridized carbons (Fsp3) is 0. The molecule has 2 rings (SSSR count). The maximum atomic E-state index is 11.0.